The molecule has 0 aliphatic rings. The Morgan fingerprint density at radius 2 is 1.81 bits per heavy atom. The zero-order chi connectivity index (χ0) is 12.0. The first-order chi connectivity index (χ1) is 7.63. The smallest absolute Gasteiger partial charge is 0.119 e. The van der Waals surface area contributed by atoms with Crippen LogP contribution < -0.4 is 4.74 Å². The second kappa shape index (κ2) is 6.51. The van der Waals surface area contributed by atoms with Crippen LogP contribution in [0, 0.1) is 0 Å². The molecular formula is C13H20O3. The van der Waals surface area contributed by atoms with Crippen molar-refractivity contribution in [2.45, 2.75) is 38.9 Å². The molecule has 1 rings (SSSR count). The minimum atomic E-state index is -0.664. The maximum Gasteiger partial charge on any atom is 0.119 e. The third-order valence-corrected chi connectivity index (χ3v) is 2.52. The Kier molecular flexibility index (Phi) is 5.29. The third kappa shape index (κ3) is 4.21. The van der Waals surface area contributed by atoms with Gasteiger partial charge in [-0.2, -0.15) is 0 Å². The molecule has 3 nitrogen and oxygen atoms in total. The quantitative estimate of drug-likeness (QED) is 0.774. The van der Waals surface area contributed by atoms with Gasteiger partial charge in [0.05, 0.1) is 18.8 Å². The summed E-state index contributed by atoms with van der Waals surface area (Å²) in [5.41, 5.74) is 1.14. The zero-order valence-corrected chi connectivity index (χ0v) is 9.89. The largest absolute Gasteiger partial charge is 0.494 e. The van der Waals surface area contributed by atoms with E-state index in [1.54, 1.807) is 6.92 Å². The maximum atomic E-state index is 9.45. The summed E-state index contributed by atoms with van der Waals surface area (Å²) in [5.74, 6) is 0.863. The lowest BCUT2D eigenvalue weighted by Crippen LogP contribution is -2.22. The normalized spacial score (nSPS) is 14.5. The average Bonchev–Trinajstić information content (AvgIpc) is 2.28. The fraction of sp³-hybridized carbons (Fsp3) is 0.538. The molecule has 90 valence electrons. The number of hydrogen-bond acceptors (Lipinski definition) is 3. The van der Waals surface area contributed by atoms with Gasteiger partial charge in [0.2, 0.25) is 0 Å². The highest BCUT2D eigenvalue weighted by molar-refractivity contribution is 5.27. The zero-order valence-electron chi connectivity index (χ0n) is 9.89. The molecule has 2 atom stereocenters. The first-order valence-electron chi connectivity index (χ1n) is 5.71. The highest BCUT2D eigenvalue weighted by Crippen LogP contribution is 2.14. The van der Waals surface area contributed by atoms with Crippen LogP contribution >= 0.6 is 0 Å². The molecular weight excluding hydrogens is 204 g/mol. The predicted molar refractivity (Wildman–Crippen MR) is 63.6 cm³/mol. The molecule has 0 aromatic heterocycles. The number of ether oxygens (including phenoxy) is 1. The van der Waals surface area contributed by atoms with Gasteiger partial charge in [-0.3, -0.25) is 0 Å². The summed E-state index contributed by atoms with van der Waals surface area (Å²) in [5, 5.41) is 18.6. The summed E-state index contributed by atoms with van der Waals surface area (Å²) >= 11 is 0. The van der Waals surface area contributed by atoms with Crippen LogP contribution in [0.5, 0.6) is 5.75 Å². The van der Waals surface area contributed by atoms with Gasteiger partial charge >= 0.3 is 0 Å². The van der Waals surface area contributed by atoms with Gasteiger partial charge in [0.1, 0.15) is 5.75 Å². The highest BCUT2D eigenvalue weighted by Gasteiger charge is 2.10. The Morgan fingerprint density at radius 3 is 2.31 bits per heavy atom. The molecule has 16 heavy (non-hydrogen) atoms. The molecule has 0 saturated heterocycles. The second-order valence-corrected chi connectivity index (χ2v) is 3.92. The summed E-state index contributed by atoms with van der Waals surface area (Å²) in [6, 6.07) is 7.82. The highest BCUT2D eigenvalue weighted by atomic mass is 16.5. The molecule has 1 aromatic rings. The van der Waals surface area contributed by atoms with E-state index in [2.05, 4.69) is 0 Å². The van der Waals surface area contributed by atoms with Gasteiger partial charge in [0, 0.05) is 0 Å². The molecule has 0 spiro atoms. The Labute approximate surface area is 96.7 Å². The van der Waals surface area contributed by atoms with Crippen LogP contribution in [0.25, 0.3) is 0 Å². The van der Waals surface area contributed by atoms with E-state index < -0.39 is 12.2 Å². The number of aryl methyl sites for hydroxylation is 1. The van der Waals surface area contributed by atoms with Crippen molar-refractivity contribution in [3.05, 3.63) is 29.8 Å². The van der Waals surface area contributed by atoms with Crippen LogP contribution in [-0.2, 0) is 6.42 Å². The number of aliphatic hydroxyl groups is 2. The van der Waals surface area contributed by atoms with Gasteiger partial charge in [-0.15, -0.1) is 0 Å². The lowest BCUT2D eigenvalue weighted by atomic mass is 10.0. The van der Waals surface area contributed by atoms with Gasteiger partial charge in [-0.25, -0.2) is 0 Å². The first kappa shape index (κ1) is 13.0. The van der Waals surface area contributed by atoms with Gasteiger partial charge < -0.3 is 14.9 Å². The molecule has 0 radical (unpaired) electrons. The van der Waals surface area contributed by atoms with Crippen LogP contribution in [0.15, 0.2) is 24.3 Å². The summed E-state index contributed by atoms with van der Waals surface area (Å²) in [4.78, 5) is 0. The van der Waals surface area contributed by atoms with E-state index in [4.69, 9.17) is 9.84 Å². The van der Waals surface area contributed by atoms with Gasteiger partial charge in [0.15, 0.2) is 0 Å². The van der Waals surface area contributed by atoms with Gasteiger partial charge in [-0.05, 0) is 44.4 Å². The molecule has 0 heterocycles. The standard InChI is InChI=1S/C13H20O3/c1-3-16-12-7-4-11(5-8-12)6-9-13(15)10(2)14/h4-5,7-8,10,13-15H,3,6,9H2,1-2H3. The predicted octanol–water partition coefficient (Wildman–Crippen LogP) is 1.76. The first-order valence-corrected chi connectivity index (χ1v) is 5.71. The lowest BCUT2D eigenvalue weighted by molar-refractivity contribution is 0.0265. The van der Waals surface area contributed by atoms with Crippen LogP contribution in [0.2, 0.25) is 0 Å². The Balaban J connectivity index is 2.43. The molecule has 1 aromatic carbocycles. The topological polar surface area (TPSA) is 49.7 Å². The van der Waals surface area contributed by atoms with Gasteiger partial charge in [0.25, 0.3) is 0 Å². The van der Waals surface area contributed by atoms with Crippen LogP contribution in [0.1, 0.15) is 25.8 Å². The summed E-state index contributed by atoms with van der Waals surface area (Å²) < 4.78 is 5.34. The molecule has 3 heteroatoms. The van der Waals surface area contributed by atoms with Crippen molar-refractivity contribution >= 4 is 0 Å². The average molecular weight is 224 g/mol. The fourth-order valence-electron chi connectivity index (χ4n) is 1.47. The molecule has 0 aliphatic carbocycles. The van der Waals surface area contributed by atoms with E-state index in [1.807, 2.05) is 31.2 Å². The van der Waals surface area contributed by atoms with Crippen LogP contribution in [0.4, 0.5) is 0 Å². The van der Waals surface area contributed by atoms with Crippen LogP contribution in [-0.4, -0.2) is 29.0 Å². The van der Waals surface area contributed by atoms with E-state index >= 15 is 0 Å². The summed E-state index contributed by atoms with van der Waals surface area (Å²) in [7, 11) is 0. The van der Waals surface area contributed by atoms with Crippen molar-refractivity contribution in [3.63, 3.8) is 0 Å². The number of aliphatic hydroxyl groups excluding tert-OH is 2. The summed E-state index contributed by atoms with van der Waals surface area (Å²) in [6.45, 7) is 4.22. The van der Waals surface area contributed by atoms with Crippen molar-refractivity contribution in [2.24, 2.45) is 0 Å². The molecule has 2 unspecified atom stereocenters. The van der Waals surface area contributed by atoms with E-state index in [9.17, 15) is 5.11 Å². The molecule has 0 bridgehead atoms. The van der Waals surface area contributed by atoms with Crippen LogP contribution in [0.3, 0.4) is 0 Å². The molecule has 0 aliphatic heterocycles. The second-order valence-electron chi connectivity index (χ2n) is 3.92. The number of hydrogen-bond donors (Lipinski definition) is 2. The summed E-state index contributed by atoms with van der Waals surface area (Å²) in [6.07, 6.45) is 0.0266. The molecule has 2 N–H and O–H groups in total. The van der Waals surface area contributed by atoms with Crippen molar-refractivity contribution < 1.29 is 14.9 Å². The van der Waals surface area contributed by atoms with Crippen molar-refractivity contribution in [2.75, 3.05) is 6.61 Å². The fourth-order valence-corrected chi connectivity index (χ4v) is 1.47. The minimum absolute atomic E-state index is 0.575. The van der Waals surface area contributed by atoms with Crippen molar-refractivity contribution in [3.8, 4) is 5.75 Å². The van der Waals surface area contributed by atoms with Gasteiger partial charge in [-0.1, -0.05) is 12.1 Å². The monoisotopic (exact) mass is 224 g/mol. The third-order valence-electron chi connectivity index (χ3n) is 2.52. The molecule has 0 amide bonds. The molecule has 0 fully saturated rings. The van der Waals surface area contributed by atoms with E-state index in [0.717, 1.165) is 17.7 Å². The van der Waals surface area contributed by atoms with E-state index in [0.29, 0.717) is 13.0 Å². The van der Waals surface area contributed by atoms with E-state index in [-0.39, 0.29) is 0 Å². The Bertz CT molecular complexity index is 293. The maximum absolute atomic E-state index is 9.45. The van der Waals surface area contributed by atoms with Crippen molar-refractivity contribution in [1.82, 2.24) is 0 Å². The SMILES string of the molecule is CCOc1ccc(CCC(O)C(C)O)cc1. The Morgan fingerprint density at radius 1 is 1.19 bits per heavy atom. The Hall–Kier alpha value is -1.06. The number of rotatable bonds is 6. The number of benzene rings is 1. The molecule has 0 saturated carbocycles. The van der Waals surface area contributed by atoms with E-state index in [1.165, 1.54) is 0 Å². The minimum Gasteiger partial charge on any atom is -0.494 e. The van der Waals surface area contributed by atoms with Crippen molar-refractivity contribution in [1.29, 1.82) is 0 Å². The lowest BCUT2D eigenvalue weighted by Gasteiger charge is -2.13.